The first-order valence-electron chi connectivity index (χ1n) is 49.0. The third kappa shape index (κ3) is 29.1. The SMILES string of the molecule is COc1cc(Br)ccc1C(=O)N1CCN(c2ccc(C)cc2C)CC1.Cc1ccc(N2CCN(C(=O)c3c(F)cc(Br)cc3F)CC2)c(C)c1.Cc1ccc(N2CCN(C(=O)c3ccc(Br)c(Cl)c3)CC2)c(C)c1.Cc1ccc(N2CCN(C(=O)c3ccc(Br)c(F)c3)CC2)c(C)c1.Cc1ccc(N2CCN(C(=O)c3ccc(Br)cc3C)CC2)c(C)c1.Cc1ccc(N2CCN(C(=O)c3ccc(Br)cc3F)CC2)c(C)c1. The standard InChI is InChI=1S/C20H23BrN2O2.C20H23BrN2O.C19H20BrClN2O.C19H19BrF2N2O.2C19H20BrFN2O/c1-14-4-7-18(15(2)12-14)22-8-10-23(11-9-22)20(24)17-6-5-16(21)13-19(17)25-3;1-14-4-7-19(16(3)12-14)22-8-10-23(11-9-22)20(24)18-6-5-17(21)13-15(18)2;1-13-3-6-18(14(2)11-13)22-7-9-23(10-8-22)19(24)15-4-5-16(20)17(21)12-15;1-12-3-4-17(13(2)9-12)23-5-7-24(8-6-23)19(25)18-15(21)10-14(20)11-16(18)22;1-13-3-6-18(14(2)11-13)22-7-9-23(10-8-22)19(24)16-5-4-15(20)12-17(16)21;1-13-3-6-18(14(2)11-13)22-7-9-23(10-8-22)19(24)15-4-5-16(20)17(21)12-15/h4-7,12-13H,8-11H2,1-3H3;4-7,12-13H,8-11H2,1-3H3;3-6,11-12H,7-10H2,1-2H3;3-4,9-11H,5-8H2,1-2H3;2*3-6,11-12H,7-10H2,1-2H3. The van der Waals surface area contributed by atoms with Crippen molar-refractivity contribution < 1.29 is 51.1 Å². The molecular weight excluding hydrogens is 2260 g/mol. The highest BCUT2D eigenvalue weighted by Gasteiger charge is 2.33. The van der Waals surface area contributed by atoms with Gasteiger partial charge in [-0.3, -0.25) is 28.8 Å². The Kier molecular flexibility index (Phi) is 39.7. The lowest BCUT2D eigenvalue weighted by molar-refractivity contribution is 0.0730. The second-order valence-corrected chi connectivity index (χ2v) is 43.6. The first-order chi connectivity index (χ1) is 69.7. The zero-order chi connectivity index (χ0) is 105. The van der Waals surface area contributed by atoms with Crippen LogP contribution in [0.25, 0.3) is 0 Å². The molecule has 19 nitrogen and oxygen atoms in total. The number of ether oxygens (including phenoxy) is 1. The quantitative estimate of drug-likeness (QED) is 0.101. The molecule has 6 saturated heterocycles. The van der Waals surface area contributed by atoms with Crippen LogP contribution in [0.15, 0.2) is 239 Å². The molecule has 18 rings (SSSR count). The number of halogens is 11. The molecule has 0 aliphatic carbocycles. The lowest BCUT2D eigenvalue weighted by Gasteiger charge is -2.37. The molecule has 0 bridgehead atoms. The molecule has 0 aromatic heterocycles. The van der Waals surface area contributed by atoms with Crippen molar-refractivity contribution in [2.75, 3.05) is 194 Å². The Morgan fingerprint density at radius 1 is 0.240 bits per heavy atom. The van der Waals surface area contributed by atoms with E-state index in [0.717, 1.165) is 134 Å². The molecule has 0 radical (unpaired) electrons. The van der Waals surface area contributed by atoms with Gasteiger partial charge in [0.2, 0.25) is 0 Å². The van der Waals surface area contributed by atoms with Crippen molar-refractivity contribution in [1.29, 1.82) is 0 Å². The van der Waals surface area contributed by atoms with E-state index in [2.05, 4.69) is 317 Å². The van der Waals surface area contributed by atoms with Gasteiger partial charge in [-0.1, -0.05) is 181 Å². The lowest BCUT2D eigenvalue weighted by Crippen LogP contribution is -2.49. The minimum atomic E-state index is -0.839. The molecule has 6 aliphatic heterocycles. The van der Waals surface area contributed by atoms with Crippen molar-refractivity contribution in [1.82, 2.24) is 29.4 Å². The topological polar surface area (TPSA) is 151 Å². The van der Waals surface area contributed by atoms with Crippen molar-refractivity contribution >= 4 is 177 Å². The largest absolute Gasteiger partial charge is 0.496 e. The van der Waals surface area contributed by atoms with E-state index in [0.29, 0.717) is 102 Å². The molecule has 12 aromatic rings. The Balaban J connectivity index is 0.000000147. The fourth-order valence-corrected chi connectivity index (χ4v) is 21.5. The van der Waals surface area contributed by atoms with Gasteiger partial charge < -0.3 is 63.5 Å². The van der Waals surface area contributed by atoms with E-state index in [1.807, 2.05) is 70.2 Å². The van der Waals surface area contributed by atoms with Crippen LogP contribution in [-0.4, -0.2) is 229 Å². The normalized spacial score (nSPS) is 14.8. The summed E-state index contributed by atoms with van der Waals surface area (Å²) in [4.78, 5) is 101. The smallest absolute Gasteiger partial charge is 0.259 e. The number of piperazine rings is 6. The number of carbonyl (C=O) groups excluding carboxylic acids is 6. The molecule has 12 aromatic carbocycles. The number of nitrogens with zero attached hydrogens (tertiary/aromatic N) is 12. The molecule has 0 N–H and O–H groups in total. The molecular formula is C116H125Br6ClF4N12O7. The van der Waals surface area contributed by atoms with Gasteiger partial charge in [-0.2, -0.15) is 0 Å². The van der Waals surface area contributed by atoms with Crippen LogP contribution in [0, 0.1) is 113 Å². The molecule has 6 amide bonds. The van der Waals surface area contributed by atoms with E-state index in [1.165, 1.54) is 118 Å². The highest BCUT2D eigenvalue weighted by atomic mass is 79.9. The van der Waals surface area contributed by atoms with Crippen LogP contribution >= 0.6 is 107 Å². The van der Waals surface area contributed by atoms with Gasteiger partial charge in [0, 0.05) is 230 Å². The number of anilines is 6. The number of amides is 6. The van der Waals surface area contributed by atoms with Gasteiger partial charge in [-0.25, -0.2) is 17.6 Å². The van der Waals surface area contributed by atoms with Crippen LogP contribution in [0.4, 0.5) is 51.7 Å². The van der Waals surface area contributed by atoms with Crippen molar-refractivity contribution in [2.45, 2.75) is 90.0 Å². The number of hydrogen-bond acceptors (Lipinski definition) is 13. The van der Waals surface area contributed by atoms with E-state index in [9.17, 15) is 46.3 Å². The van der Waals surface area contributed by atoms with E-state index in [4.69, 9.17) is 16.3 Å². The van der Waals surface area contributed by atoms with Crippen LogP contribution in [0.3, 0.4) is 0 Å². The Morgan fingerprint density at radius 3 is 0.795 bits per heavy atom. The molecule has 768 valence electrons. The highest BCUT2D eigenvalue weighted by molar-refractivity contribution is 9.11. The zero-order valence-corrected chi connectivity index (χ0v) is 95.3. The van der Waals surface area contributed by atoms with E-state index in [-0.39, 0.29) is 39.6 Å². The number of aryl methyl sites for hydroxylation is 13. The monoisotopic (exact) mass is 2380 g/mol. The molecule has 0 spiro atoms. The highest BCUT2D eigenvalue weighted by Crippen LogP contribution is 2.35. The maximum atomic E-state index is 14.0. The number of rotatable bonds is 13. The van der Waals surface area contributed by atoms with Crippen molar-refractivity contribution in [3.8, 4) is 5.75 Å². The van der Waals surface area contributed by atoms with Crippen LogP contribution in [0.1, 0.15) is 134 Å². The van der Waals surface area contributed by atoms with Gasteiger partial charge in [0.25, 0.3) is 35.4 Å². The summed E-state index contributed by atoms with van der Waals surface area (Å²) in [5.74, 6) is -2.68. The average Bonchev–Trinajstić information content (AvgIpc) is 0.812. The van der Waals surface area contributed by atoms with Crippen LogP contribution in [0.2, 0.25) is 5.02 Å². The number of carbonyl (C=O) groups is 6. The summed E-state index contributed by atoms with van der Waals surface area (Å²) >= 11 is 25.7. The maximum absolute atomic E-state index is 14.0. The fourth-order valence-electron chi connectivity index (χ4n) is 19.3. The van der Waals surface area contributed by atoms with E-state index < -0.39 is 34.7 Å². The summed E-state index contributed by atoms with van der Waals surface area (Å²) in [6, 6.07) is 66.8. The second kappa shape index (κ2) is 51.7. The van der Waals surface area contributed by atoms with Crippen molar-refractivity contribution in [3.63, 3.8) is 0 Å². The molecule has 6 aliphatic rings. The molecule has 6 heterocycles. The number of benzene rings is 12. The van der Waals surface area contributed by atoms with Gasteiger partial charge in [0.1, 0.15) is 34.6 Å². The van der Waals surface area contributed by atoms with Crippen LogP contribution in [0.5, 0.6) is 5.75 Å². The van der Waals surface area contributed by atoms with E-state index >= 15 is 0 Å². The molecule has 0 atom stereocenters. The summed E-state index contributed by atoms with van der Waals surface area (Å²) < 4.78 is 65.1. The second-order valence-electron chi connectivity index (χ2n) is 37.8. The van der Waals surface area contributed by atoms with Gasteiger partial charge in [-0.15, -0.1) is 0 Å². The molecule has 30 heteroatoms. The molecule has 0 unspecified atom stereocenters. The summed E-state index contributed by atoms with van der Waals surface area (Å²) in [5.41, 5.74) is 25.6. The maximum Gasteiger partial charge on any atom is 0.259 e. The molecule has 0 saturated carbocycles. The Morgan fingerprint density at radius 2 is 0.500 bits per heavy atom. The van der Waals surface area contributed by atoms with Crippen molar-refractivity contribution in [2.24, 2.45) is 0 Å². The minimum Gasteiger partial charge on any atom is -0.496 e. The predicted octanol–water partition coefficient (Wildman–Crippen LogP) is 25.7. The Hall–Kier alpha value is -11.1. The summed E-state index contributed by atoms with van der Waals surface area (Å²) in [6.07, 6.45) is 0. The van der Waals surface area contributed by atoms with Crippen LogP contribution in [-0.2, 0) is 0 Å². The summed E-state index contributed by atoms with van der Waals surface area (Å²) in [6.45, 7) is 44.5. The zero-order valence-electron chi connectivity index (χ0n) is 85.1. The van der Waals surface area contributed by atoms with Crippen molar-refractivity contribution in [3.05, 3.63) is 373 Å². The number of hydrogen-bond donors (Lipinski definition) is 0. The third-order valence-electron chi connectivity index (χ3n) is 27.1. The van der Waals surface area contributed by atoms with Gasteiger partial charge >= 0.3 is 0 Å². The van der Waals surface area contributed by atoms with Gasteiger partial charge in [-0.05, 0) is 300 Å². The van der Waals surface area contributed by atoms with Crippen LogP contribution < -0.4 is 34.1 Å². The molecule has 6 fully saturated rings. The Labute approximate surface area is 911 Å². The fraction of sp³-hybridized carbons (Fsp3) is 0.328. The number of methoxy groups -OCH3 is 1. The summed E-state index contributed by atoms with van der Waals surface area (Å²) in [7, 11) is 1.59. The predicted molar refractivity (Wildman–Crippen MR) is 605 cm³/mol. The first-order valence-corrected chi connectivity index (χ1v) is 54.1. The first kappa shape index (κ1) is 112. The van der Waals surface area contributed by atoms with Gasteiger partial charge in [0.05, 0.1) is 27.7 Å². The molecule has 146 heavy (non-hydrogen) atoms. The lowest BCUT2D eigenvalue weighted by atomic mass is 10.1. The van der Waals surface area contributed by atoms with Gasteiger partial charge in [0.15, 0.2) is 0 Å². The average molecular weight is 2390 g/mol. The summed E-state index contributed by atoms with van der Waals surface area (Å²) in [5, 5.41) is 0.565. The third-order valence-corrected chi connectivity index (χ3v) is 30.9. The van der Waals surface area contributed by atoms with E-state index in [1.54, 1.807) is 41.2 Å². The minimum absolute atomic E-state index is 0.0321. The Bertz CT molecular complexity index is 6450.